The van der Waals surface area contributed by atoms with Gasteiger partial charge in [-0.05, 0) is 45.4 Å². The molecule has 1 saturated heterocycles. The predicted octanol–water partition coefficient (Wildman–Crippen LogP) is 2.96. The fourth-order valence-electron chi connectivity index (χ4n) is 3.57. The molecule has 3 heteroatoms. The minimum atomic E-state index is 0.222. The lowest BCUT2D eigenvalue weighted by molar-refractivity contribution is 0.0793. The van der Waals surface area contributed by atoms with Crippen LogP contribution in [-0.2, 0) is 0 Å². The Kier molecular flexibility index (Phi) is 5.72. The van der Waals surface area contributed by atoms with Gasteiger partial charge in [-0.15, -0.1) is 0 Å². The normalized spacial score (nSPS) is 25.0. The SMILES string of the molecule is CCCC(C)(CNC(C)(C)C)CN1CCN(C2CC2)CC1. The van der Waals surface area contributed by atoms with Gasteiger partial charge in [-0.2, -0.15) is 0 Å². The summed E-state index contributed by atoms with van der Waals surface area (Å²) < 4.78 is 0. The highest BCUT2D eigenvalue weighted by Gasteiger charge is 2.33. The van der Waals surface area contributed by atoms with Crippen LogP contribution >= 0.6 is 0 Å². The average Bonchev–Trinajstić information content (AvgIpc) is 3.21. The number of hydrogen-bond donors (Lipinski definition) is 1. The van der Waals surface area contributed by atoms with Crippen molar-refractivity contribution in [3.05, 3.63) is 0 Å². The maximum atomic E-state index is 3.74. The van der Waals surface area contributed by atoms with Gasteiger partial charge in [0.25, 0.3) is 0 Å². The minimum Gasteiger partial charge on any atom is -0.311 e. The van der Waals surface area contributed by atoms with Crippen molar-refractivity contribution in [1.82, 2.24) is 15.1 Å². The molecule has 0 aromatic heterocycles. The zero-order valence-electron chi connectivity index (χ0n) is 15.0. The molecule has 21 heavy (non-hydrogen) atoms. The van der Waals surface area contributed by atoms with Crippen LogP contribution in [0.4, 0.5) is 0 Å². The number of nitrogens with zero attached hydrogens (tertiary/aromatic N) is 2. The molecule has 1 unspecified atom stereocenters. The van der Waals surface area contributed by atoms with Gasteiger partial charge in [-0.25, -0.2) is 0 Å². The van der Waals surface area contributed by atoms with Crippen molar-refractivity contribution in [2.45, 2.75) is 71.9 Å². The summed E-state index contributed by atoms with van der Waals surface area (Å²) in [6, 6.07) is 0.941. The maximum absolute atomic E-state index is 3.74. The lowest BCUT2D eigenvalue weighted by Crippen LogP contribution is -2.52. The van der Waals surface area contributed by atoms with Crippen LogP contribution in [0, 0.1) is 5.41 Å². The highest BCUT2D eigenvalue weighted by Crippen LogP contribution is 2.29. The van der Waals surface area contributed by atoms with Gasteiger partial charge < -0.3 is 10.2 Å². The fraction of sp³-hybridized carbons (Fsp3) is 1.00. The van der Waals surface area contributed by atoms with E-state index in [-0.39, 0.29) is 5.54 Å². The van der Waals surface area contributed by atoms with Gasteiger partial charge in [0, 0.05) is 50.8 Å². The fourth-order valence-corrected chi connectivity index (χ4v) is 3.57. The molecule has 0 radical (unpaired) electrons. The molecule has 3 nitrogen and oxygen atoms in total. The Hall–Kier alpha value is -0.120. The standard InChI is InChI=1S/C18H37N3/c1-6-9-18(5,14-19-17(2,3)4)15-20-10-12-21(13-11-20)16-7-8-16/h16,19H,6-15H2,1-5H3. The van der Waals surface area contributed by atoms with Gasteiger partial charge in [-0.3, -0.25) is 4.90 Å². The first-order valence-corrected chi connectivity index (χ1v) is 9.03. The number of rotatable bonds is 7. The second-order valence-corrected chi connectivity index (χ2v) is 8.71. The van der Waals surface area contributed by atoms with Crippen LogP contribution in [0.25, 0.3) is 0 Å². The van der Waals surface area contributed by atoms with Crippen LogP contribution in [0.15, 0.2) is 0 Å². The number of hydrogen-bond acceptors (Lipinski definition) is 3. The Labute approximate surface area is 132 Å². The van der Waals surface area contributed by atoms with E-state index in [1.54, 1.807) is 0 Å². The van der Waals surface area contributed by atoms with Crippen molar-refractivity contribution in [2.75, 3.05) is 39.3 Å². The molecule has 2 fully saturated rings. The molecule has 0 spiro atoms. The minimum absolute atomic E-state index is 0.222. The molecule has 124 valence electrons. The van der Waals surface area contributed by atoms with E-state index in [0.29, 0.717) is 5.41 Å². The third kappa shape index (κ3) is 5.88. The summed E-state index contributed by atoms with van der Waals surface area (Å²) >= 11 is 0. The summed E-state index contributed by atoms with van der Waals surface area (Å²) in [5.41, 5.74) is 0.628. The molecular formula is C18H37N3. The summed E-state index contributed by atoms with van der Waals surface area (Å²) in [6.07, 6.45) is 5.50. The first-order chi connectivity index (χ1) is 9.81. The van der Waals surface area contributed by atoms with Crippen molar-refractivity contribution < 1.29 is 0 Å². The maximum Gasteiger partial charge on any atom is 0.0113 e. The Balaban J connectivity index is 1.80. The van der Waals surface area contributed by atoms with E-state index < -0.39 is 0 Å². The van der Waals surface area contributed by atoms with Gasteiger partial charge in [0.1, 0.15) is 0 Å². The van der Waals surface area contributed by atoms with Gasteiger partial charge in [0.15, 0.2) is 0 Å². The van der Waals surface area contributed by atoms with Gasteiger partial charge >= 0.3 is 0 Å². The van der Waals surface area contributed by atoms with Crippen LogP contribution in [0.2, 0.25) is 0 Å². The van der Waals surface area contributed by atoms with Crippen molar-refractivity contribution in [2.24, 2.45) is 5.41 Å². The third-order valence-electron chi connectivity index (χ3n) is 4.97. The second-order valence-electron chi connectivity index (χ2n) is 8.71. The Morgan fingerprint density at radius 1 is 1.00 bits per heavy atom. The molecule has 0 amide bonds. The first-order valence-electron chi connectivity index (χ1n) is 9.03. The van der Waals surface area contributed by atoms with Crippen LogP contribution in [0.5, 0.6) is 0 Å². The van der Waals surface area contributed by atoms with Crippen LogP contribution < -0.4 is 5.32 Å². The summed E-state index contributed by atoms with van der Waals surface area (Å²) in [5, 5.41) is 3.74. The highest BCUT2D eigenvalue weighted by molar-refractivity contribution is 4.90. The van der Waals surface area contributed by atoms with E-state index in [4.69, 9.17) is 0 Å². The lowest BCUT2D eigenvalue weighted by Gasteiger charge is -2.41. The quantitative estimate of drug-likeness (QED) is 0.779. The molecule has 1 aliphatic carbocycles. The Morgan fingerprint density at radius 3 is 2.10 bits per heavy atom. The van der Waals surface area contributed by atoms with Crippen LogP contribution in [0.1, 0.15) is 60.3 Å². The zero-order chi connectivity index (χ0) is 15.5. The molecule has 2 aliphatic rings. The Bertz CT molecular complexity index is 311. The van der Waals surface area contributed by atoms with Crippen molar-refractivity contribution in [1.29, 1.82) is 0 Å². The highest BCUT2D eigenvalue weighted by atomic mass is 15.3. The van der Waals surface area contributed by atoms with E-state index in [2.05, 4.69) is 49.7 Å². The molecule has 0 bridgehead atoms. The van der Waals surface area contributed by atoms with E-state index in [0.717, 1.165) is 12.6 Å². The van der Waals surface area contributed by atoms with Gasteiger partial charge in [0.2, 0.25) is 0 Å². The summed E-state index contributed by atoms with van der Waals surface area (Å²) in [5.74, 6) is 0. The van der Waals surface area contributed by atoms with E-state index >= 15 is 0 Å². The van der Waals surface area contributed by atoms with Crippen molar-refractivity contribution >= 4 is 0 Å². The summed E-state index contributed by atoms with van der Waals surface area (Å²) in [7, 11) is 0. The molecule has 0 aromatic rings. The largest absolute Gasteiger partial charge is 0.311 e. The predicted molar refractivity (Wildman–Crippen MR) is 91.8 cm³/mol. The molecule has 0 aromatic carbocycles. The molecule has 1 atom stereocenters. The topological polar surface area (TPSA) is 18.5 Å². The van der Waals surface area contributed by atoms with E-state index in [9.17, 15) is 0 Å². The molecule has 1 saturated carbocycles. The lowest BCUT2D eigenvalue weighted by atomic mass is 9.84. The van der Waals surface area contributed by atoms with Crippen LogP contribution in [0.3, 0.4) is 0 Å². The van der Waals surface area contributed by atoms with Crippen molar-refractivity contribution in [3.63, 3.8) is 0 Å². The monoisotopic (exact) mass is 295 g/mol. The second kappa shape index (κ2) is 6.97. The third-order valence-corrected chi connectivity index (χ3v) is 4.97. The Morgan fingerprint density at radius 2 is 1.62 bits per heavy atom. The van der Waals surface area contributed by atoms with Crippen LogP contribution in [-0.4, -0.2) is 60.6 Å². The summed E-state index contributed by atoms with van der Waals surface area (Å²) in [6.45, 7) is 19.1. The number of piperazine rings is 1. The smallest absolute Gasteiger partial charge is 0.0113 e. The first kappa shape index (κ1) is 17.2. The average molecular weight is 296 g/mol. The van der Waals surface area contributed by atoms with E-state index in [1.807, 2.05) is 0 Å². The molecule has 1 heterocycles. The van der Waals surface area contributed by atoms with Crippen molar-refractivity contribution in [3.8, 4) is 0 Å². The van der Waals surface area contributed by atoms with E-state index in [1.165, 1.54) is 58.4 Å². The summed E-state index contributed by atoms with van der Waals surface area (Å²) in [4.78, 5) is 5.42. The molecular weight excluding hydrogens is 258 g/mol. The van der Waals surface area contributed by atoms with Gasteiger partial charge in [0.05, 0.1) is 0 Å². The zero-order valence-corrected chi connectivity index (χ0v) is 15.0. The van der Waals surface area contributed by atoms with Gasteiger partial charge in [-0.1, -0.05) is 20.3 Å². The molecule has 1 aliphatic heterocycles. The molecule has 1 N–H and O–H groups in total. The number of nitrogens with one attached hydrogen (secondary N) is 1. The molecule has 2 rings (SSSR count).